The van der Waals surface area contributed by atoms with Crippen LogP contribution in [0.4, 0.5) is 5.69 Å². The molecule has 0 radical (unpaired) electrons. The monoisotopic (exact) mass is 433 g/mol. The Bertz CT molecular complexity index is 1080. The summed E-state index contributed by atoms with van der Waals surface area (Å²) < 4.78 is 2.04. The molecule has 3 aromatic rings. The molecule has 0 saturated heterocycles. The fraction of sp³-hybridized carbons (Fsp3) is 0.333. The zero-order chi connectivity index (χ0) is 22.4. The van der Waals surface area contributed by atoms with E-state index in [0.29, 0.717) is 18.2 Å². The smallest absolute Gasteiger partial charge is 0.240 e. The van der Waals surface area contributed by atoms with Crippen molar-refractivity contribution in [1.82, 2.24) is 14.8 Å². The van der Waals surface area contributed by atoms with Gasteiger partial charge in [-0.05, 0) is 45.9 Å². The van der Waals surface area contributed by atoms with Gasteiger partial charge in [-0.3, -0.25) is 4.79 Å². The zero-order valence-corrected chi connectivity index (χ0v) is 19.2. The molecular weight excluding hydrogens is 406 g/mol. The summed E-state index contributed by atoms with van der Waals surface area (Å²) in [6, 6.07) is 18.1. The molecule has 1 unspecified atom stereocenters. The van der Waals surface area contributed by atoms with Crippen LogP contribution in [0.2, 0.25) is 0 Å². The molecule has 0 bridgehead atoms. The van der Waals surface area contributed by atoms with Crippen LogP contribution in [0.5, 0.6) is 0 Å². The molecule has 2 aromatic carbocycles. The fourth-order valence-corrected chi connectivity index (χ4v) is 4.31. The Hall–Kier alpha value is -3.11. The van der Waals surface area contributed by atoms with Gasteiger partial charge in [-0.2, -0.15) is 5.26 Å². The first-order chi connectivity index (χ1) is 14.9. The van der Waals surface area contributed by atoms with E-state index in [1.165, 1.54) is 11.8 Å². The Morgan fingerprint density at radius 2 is 1.90 bits per heavy atom. The number of aromatic nitrogens is 3. The molecule has 31 heavy (non-hydrogen) atoms. The molecule has 160 valence electrons. The third kappa shape index (κ3) is 5.33. The first-order valence-electron chi connectivity index (χ1n) is 10.4. The Morgan fingerprint density at radius 1 is 1.16 bits per heavy atom. The van der Waals surface area contributed by atoms with Crippen molar-refractivity contribution in [1.29, 1.82) is 5.26 Å². The molecule has 1 amide bonds. The maximum absolute atomic E-state index is 13.3. The van der Waals surface area contributed by atoms with Gasteiger partial charge in [0.05, 0.1) is 17.7 Å². The number of anilines is 1. The Labute approximate surface area is 187 Å². The van der Waals surface area contributed by atoms with Gasteiger partial charge < -0.3 is 9.47 Å². The number of thioether (sulfide) groups is 1. The summed E-state index contributed by atoms with van der Waals surface area (Å²) in [5.74, 6) is 0.750. The van der Waals surface area contributed by atoms with Crippen molar-refractivity contribution in [3.05, 3.63) is 59.7 Å². The van der Waals surface area contributed by atoms with Gasteiger partial charge in [0.2, 0.25) is 5.91 Å². The van der Waals surface area contributed by atoms with Crippen LogP contribution < -0.4 is 4.90 Å². The Kier molecular flexibility index (Phi) is 7.48. The Balaban J connectivity index is 1.83. The number of hydrogen-bond acceptors (Lipinski definition) is 5. The van der Waals surface area contributed by atoms with Gasteiger partial charge in [-0.15, -0.1) is 10.2 Å². The minimum Gasteiger partial charge on any atom is -0.310 e. The van der Waals surface area contributed by atoms with E-state index in [0.717, 1.165) is 28.2 Å². The third-order valence-electron chi connectivity index (χ3n) is 5.00. The number of rotatable bonds is 8. The topological polar surface area (TPSA) is 74.8 Å². The van der Waals surface area contributed by atoms with Gasteiger partial charge in [0, 0.05) is 24.3 Å². The minimum absolute atomic E-state index is 0.0492. The molecule has 0 aliphatic rings. The fourth-order valence-electron chi connectivity index (χ4n) is 3.34. The Morgan fingerprint density at radius 3 is 2.55 bits per heavy atom. The SMILES string of the molecule is CCn1c(SC(C)C(=O)N(CCC#N)c2ccc(C)cc2)nnc1-c1cccc(C)c1. The van der Waals surface area contributed by atoms with Crippen LogP contribution in [0.15, 0.2) is 53.7 Å². The molecular formula is C24H27N5OS. The second kappa shape index (κ2) is 10.3. The quantitative estimate of drug-likeness (QED) is 0.467. The molecule has 0 spiro atoms. The molecule has 0 saturated carbocycles. The molecule has 0 fully saturated rings. The van der Waals surface area contributed by atoms with Crippen molar-refractivity contribution in [3.63, 3.8) is 0 Å². The summed E-state index contributed by atoms with van der Waals surface area (Å²) in [4.78, 5) is 15.0. The van der Waals surface area contributed by atoms with Crippen LogP contribution in [0.3, 0.4) is 0 Å². The number of amides is 1. The summed E-state index contributed by atoms with van der Waals surface area (Å²) in [6.07, 6.45) is 0.277. The number of hydrogen-bond donors (Lipinski definition) is 0. The van der Waals surface area contributed by atoms with E-state index in [-0.39, 0.29) is 17.6 Å². The van der Waals surface area contributed by atoms with Gasteiger partial charge in [0.1, 0.15) is 0 Å². The van der Waals surface area contributed by atoms with Crippen LogP contribution in [0, 0.1) is 25.2 Å². The summed E-state index contributed by atoms with van der Waals surface area (Å²) in [7, 11) is 0. The lowest BCUT2D eigenvalue weighted by Crippen LogP contribution is -2.37. The van der Waals surface area contributed by atoms with Gasteiger partial charge >= 0.3 is 0 Å². The van der Waals surface area contributed by atoms with E-state index in [4.69, 9.17) is 5.26 Å². The van der Waals surface area contributed by atoms with Crippen LogP contribution >= 0.6 is 11.8 Å². The van der Waals surface area contributed by atoms with E-state index < -0.39 is 0 Å². The predicted octanol–water partition coefficient (Wildman–Crippen LogP) is 5.01. The standard InChI is InChI=1S/C24H27N5OS/c1-5-28-22(20-9-6-8-18(3)16-20)26-27-24(28)31-19(4)23(30)29(15-7-14-25)21-12-10-17(2)11-13-21/h6,8-13,16,19H,5,7,15H2,1-4H3. The second-order valence-corrected chi connectivity index (χ2v) is 8.72. The molecule has 0 N–H and O–H groups in total. The van der Waals surface area contributed by atoms with Crippen LogP contribution in [-0.4, -0.2) is 32.5 Å². The van der Waals surface area contributed by atoms with Crippen LogP contribution in [0.1, 0.15) is 31.4 Å². The first kappa shape index (κ1) is 22.6. The number of benzene rings is 2. The largest absolute Gasteiger partial charge is 0.310 e. The highest BCUT2D eigenvalue weighted by molar-refractivity contribution is 8.00. The van der Waals surface area contributed by atoms with Crippen molar-refractivity contribution < 1.29 is 4.79 Å². The highest BCUT2D eigenvalue weighted by Crippen LogP contribution is 2.29. The van der Waals surface area contributed by atoms with E-state index in [9.17, 15) is 4.79 Å². The van der Waals surface area contributed by atoms with Crippen molar-refractivity contribution in [2.45, 2.75) is 51.1 Å². The third-order valence-corrected chi connectivity index (χ3v) is 6.07. The number of carbonyl (C=O) groups excluding carboxylic acids is 1. The number of aryl methyl sites for hydroxylation is 2. The number of nitrogens with zero attached hydrogens (tertiary/aromatic N) is 5. The maximum atomic E-state index is 13.3. The summed E-state index contributed by atoms with van der Waals surface area (Å²) >= 11 is 1.40. The molecule has 1 aromatic heterocycles. The van der Waals surface area contributed by atoms with Crippen molar-refractivity contribution in [2.75, 3.05) is 11.4 Å². The van der Waals surface area contributed by atoms with Crippen molar-refractivity contribution in [3.8, 4) is 17.5 Å². The first-order valence-corrected chi connectivity index (χ1v) is 11.2. The number of carbonyl (C=O) groups is 1. The van der Waals surface area contributed by atoms with E-state index in [1.807, 2.05) is 74.7 Å². The molecule has 7 heteroatoms. The van der Waals surface area contributed by atoms with Gasteiger partial charge in [0.15, 0.2) is 11.0 Å². The maximum Gasteiger partial charge on any atom is 0.240 e. The highest BCUT2D eigenvalue weighted by atomic mass is 32.2. The molecule has 3 rings (SSSR count). The summed E-state index contributed by atoms with van der Waals surface area (Å²) in [6.45, 7) is 9.04. The average molecular weight is 434 g/mol. The lowest BCUT2D eigenvalue weighted by molar-refractivity contribution is -0.117. The van der Waals surface area contributed by atoms with Gasteiger partial charge in [-0.1, -0.05) is 53.2 Å². The normalized spacial score (nSPS) is 11.7. The van der Waals surface area contributed by atoms with Crippen molar-refractivity contribution >= 4 is 23.4 Å². The second-order valence-electron chi connectivity index (χ2n) is 7.41. The summed E-state index contributed by atoms with van der Waals surface area (Å²) in [5, 5.41) is 18.2. The van der Waals surface area contributed by atoms with Gasteiger partial charge in [-0.25, -0.2) is 0 Å². The van der Waals surface area contributed by atoms with E-state index in [2.05, 4.69) is 22.3 Å². The zero-order valence-electron chi connectivity index (χ0n) is 18.4. The molecule has 0 aliphatic carbocycles. The summed E-state index contributed by atoms with van der Waals surface area (Å²) in [5.41, 5.74) is 4.09. The molecule has 1 heterocycles. The minimum atomic E-state index is -0.375. The highest BCUT2D eigenvalue weighted by Gasteiger charge is 2.25. The lowest BCUT2D eigenvalue weighted by Gasteiger charge is -2.25. The molecule has 6 nitrogen and oxygen atoms in total. The van der Waals surface area contributed by atoms with Gasteiger partial charge in [0.25, 0.3) is 0 Å². The lowest BCUT2D eigenvalue weighted by atomic mass is 10.1. The number of nitriles is 1. The molecule has 1 atom stereocenters. The average Bonchev–Trinajstić information content (AvgIpc) is 3.17. The van der Waals surface area contributed by atoms with E-state index >= 15 is 0 Å². The van der Waals surface area contributed by atoms with E-state index in [1.54, 1.807) is 4.90 Å². The van der Waals surface area contributed by atoms with Crippen LogP contribution in [-0.2, 0) is 11.3 Å². The predicted molar refractivity (Wildman–Crippen MR) is 125 cm³/mol. The van der Waals surface area contributed by atoms with Crippen LogP contribution in [0.25, 0.3) is 11.4 Å². The van der Waals surface area contributed by atoms with Crippen molar-refractivity contribution in [2.24, 2.45) is 0 Å². The molecule has 0 aliphatic heterocycles.